The number of aliphatic imine (C=N–C) groups is 1. The first kappa shape index (κ1) is 17.7. The van der Waals surface area contributed by atoms with Crippen LogP contribution in [0.4, 0.5) is 0 Å². The molecule has 2 N–H and O–H groups in total. The van der Waals surface area contributed by atoms with Crippen LogP contribution in [0.3, 0.4) is 0 Å². The molecule has 4 heteroatoms. The van der Waals surface area contributed by atoms with Crippen LogP contribution in [0.1, 0.15) is 31.4 Å². The third kappa shape index (κ3) is 5.47. The Hall–Kier alpha value is -1.68. The molecular formula is C19H27N3S. The lowest BCUT2D eigenvalue weighted by atomic mass is 10.0. The monoisotopic (exact) mass is 329 g/mol. The zero-order valence-electron chi connectivity index (χ0n) is 14.3. The van der Waals surface area contributed by atoms with Gasteiger partial charge in [-0.1, -0.05) is 36.4 Å². The fourth-order valence-corrected chi connectivity index (χ4v) is 3.03. The highest BCUT2D eigenvalue weighted by Gasteiger charge is 2.08. The van der Waals surface area contributed by atoms with Crippen LogP contribution >= 0.6 is 11.8 Å². The second-order valence-electron chi connectivity index (χ2n) is 5.67. The van der Waals surface area contributed by atoms with Crippen LogP contribution in [0.25, 0.3) is 10.8 Å². The van der Waals surface area contributed by atoms with Crippen LogP contribution in [0, 0.1) is 0 Å². The maximum atomic E-state index is 4.32. The summed E-state index contributed by atoms with van der Waals surface area (Å²) in [6.45, 7) is 3.13. The summed E-state index contributed by atoms with van der Waals surface area (Å²) in [5, 5.41) is 9.42. The lowest BCUT2D eigenvalue weighted by molar-refractivity contribution is 0.672. The van der Waals surface area contributed by atoms with E-state index in [2.05, 4.69) is 71.3 Å². The Kier molecular flexibility index (Phi) is 7.27. The Bertz CT molecular complexity index is 639. The van der Waals surface area contributed by atoms with Gasteiger partial charge >= 0.3 is 0 Å². The Morgan fingerprint density at radius 3 is 2.65 bits per heavy atom. The number of benzene rings is 2. The van der Waals surface area contributed by atoms with E-state index in [1.54, 1.807) is 0 Å². The topological polar surface area (TPSA) is 36.4 Å². The van der Waals surface area contributed by atoms with Gasteiger partial charge in [0.05, 0.1) is 6.04 Å². The Morgan fingerprint density at radius 1 is 1.13 bits per heavy atom. The highest BCUT2D eigenvalue weighted by Crippen LogP contribution is 2.20. The lowest BCUT2D eigenvalue weighted by Gasteiger charge is -2.18. The molecule has 2 rings (SSSR count). The minimum absolute atomic E-state index is 0.219. The zero-order chi connectivity index (χ0) is 16.5. The summed E-state index contributed by atoms with van der Waals surface area (Å²) >= 11 is 1.90. The Labute approximate surface area is 144 Å². The molecule has 0 bridgehead atoms. The van der Waals surface area contributed by atoms with Crippen LogP contribution in [0.2, 0.25) is 0 Å². The Balaban J connectivity index is 1.91. The standard InChI is InChI=1S/C19H27N3S/c1-15(22-19(20-2)21-12-6-7-13-23-3)17-11-10-16-8-4-5-9-18(16)14-17/h4-5,8-11,14-15H,6-7,12-13H2,1-3H3,(H2,20,21,22). The molecule has 0 aliphatic carbocycles. The first-order chi connectivity index (χ1) is 11.2. The SMILES string of the molecule is CN=C(NCCCCSC)NC(C)c1ccc2ccccc2c1. The summed E-state index contributed by atoms with van der Waals surface area (Å²) in [7, 11) is 1.82. The van der Waals surface area contributed by atoms with Gasteiger partial charge in [0, 0.05) is 13.6 Å². The second-order valence-corrected chi connectivity index (χ2v) is 6.66. The normalized spacial score (nSPS) is 13.1. The average molecular weight is 330 g/mol. The van der Waals surface area contributed by atoms with E-state index in [-0.39, 0.29) is 6.04 Å². The van der Waals surface area contributed by atoms with Gasteiger partial charge in [-0.15, -0.1) is 0 Å². The molecule has 2 aromatic rings. The van der Waals surface area contributed by atoms with Crippen LogP contribution in [-0.2, 0) is 0 Å². The number of nitrogens with one attached hydrogen (secondary N) is 2. The number of hydrogen-bond donors (Lipinski definition) is 2. The van der Waals surface area contributed by atoms with E-state index in [4.69, 9.17) is 0 Å². The zero-order valence-corrected chi connectivity index (χ0v) is 15.1. The van der Waals surface area contributed by atoms with Crippen molar-refractivity contribution in [2.75, 3.05) is 25.6 Å². The predicted octanol–water partition coefficient (Wildman–Crippen LogP) is 4.21. The van der Waals surface area contributed by atoms with Gasteiger partial charge in [-0.25, -0.2) is 0 Å². The molecule has 0 saturated heterocycles. The molecule has 3 nitrogen and oxygen atoms in total. The van der Waals surface area contributed by atoms with E-state index in [1.165, 1.54) is 34.9 Å². The molecule has 0 saturated carbocycles. The van der Waals surface area contributed by atoms with Crippen molar-refractivity contribution in [3.8, 4) is 0 Å². The molecule has 0 amide bonds. The minimum atomic E-state index is 0.219. The van der Waals surface area contributed by atoms with Gasteiger partial charge in [-0.3, -0.25) is 4.99 Å². The van der Waals surface area contributed by atoms with Crippen molar-refractivity contribution in [3.05, 3.63) is 48.0 Å². The number of nitrogens with zero attached hydrogens (tertiary/aromatic N) is 1. The summed E-state index contributed by atoms with van der Waals surface area (Å²) in [4.78, 5) is 4.32. The molecule has 0 fully saturated rings. The smallest absolute Gasteiger partial charge is 0.191 e. The van der Waals surface area contributed by atoms with Crippen LogP contribution in [-0.4, -0.2) is 31.6 Å². The van der Waals surface area contributed by atoms with Gasteiger partial charge in [0.1, 0.15) is 0 Å². The van der Waals surface area contributed by atoms with Crippen molar-refractivity contribution in [2.45, 2.75) is 25.8 Å². The number of guanidine groups is 1. The van der Waals surface area contributed by atoms with Gasteiger partial charge in [0.15, 0.2) is 5.96 Å². The van der Waals surface area contributed by atoms with E-state index in [1.807, 2.05) is 18.8 Å². The van der Waals surface area contributed by atoms with Crippen molar-refractivity contribution in [1.82, 2.24) is 10.6 Å². The lowest BCUT2D eigenvalue weighted by Crippen LogP contribution is -2.39. The van der Waals surface area contributed by atoms with Gasteiger partial charge < -0.3 is 10.6 Å². The summed E-state index contributed by atoms with van der Waals surface area (Å²) in [5.74, 6) is 2.09. The summed E-state index contributed by atoms with van der Waals surface area (Å²) in [6.07, 6.45) is 4.57. The fraction of sp³-hybridized carbons (Fsp3) is 0.421. The molecule has 1 atom stereocenters. The molecule has 124 valence electrons. The van der Waals surface area contributed by atoms with Gasteiger partial charge in [0.2, 0.25) is 0 Å². The van der Waals surface area contributed by atoms with Crippen molar-refractivity contribution in [2.24, 2.45) is 4.99 Å². The summed E-state index contributed by atoms with van der Waals surface area (Å²) in [6, 6.07) is 15.3. The van der Waals surface area contributed by atoms with Gasteiger partial charge in [0.25, 0.3) is 0 Å². The molecule has 23 heavy (non-hydrogen) atoms. The predicted molar refractivity (Wildman–Crippen MR) is 104 cm³/mol. The van der Waals surface area contributed by atoms with Gasteiger partial charge in [-0.2, -0.15) is 11.8 Å². The van der Waals surface area contributed by atoms with Crippen molar-refractivity contribution in [3.63, 3.8) is 0 Å². The van der Waals surface area contributed by atoms with E-state index in [0.29, 0.717) is 0 Å². The first-order valence-electron chi connectivity index (χ1n) is 8.19. The van der Waals surface area contributed by atoms with Crippen molar-refractivity contribution >= 4 is 28.5 Å². The molecule has 0 radical (unpaired) electrons. The van der Waals surface area contributed by atoms with E-state index in [9.17, 15) is 0 Å². The minimum Gasteiger partial charge on any atom is -0.356 e. The van der Waals surface area contributed by atoms with E-state index < -0.39 is 0 Å². The molecular weight excluding hydrogens is 302 g/mol. The number of thioether (sulfide) groups is 1. The molecule has 0 aliphatic rings. The maximum Gasteiger partial charge on any atom is 0.191 e. The molecule has 1 unspecified atom stereocenters. The fourth-order valence-electron chi connectivity index (χ4n) is 2.54. The number of unbranched alkanes of at least 4 members (excludes halogenated alkanes) is 1. The number of hydrogen-bond acceptors (Lipinski definition) is 2. The van der Waals surface area contributed by atoms with Crippen LogP contribution in [0.15, 0.2) is 47.5 Å². The van der Waals surface area contributed by atoms with Gasteiger partial charge in [-0.05, 0) is 54.2 Å². The maximum absolute atomic E-state index is 4.32. The third-order valence-electron chi connectivity index (χ3n) is 3.92. The molecule has 0 aliphatic heterocycles. The number of rotatable bonds is 7. The highest BCUT2D eigenvalue weighted by atomic mass is 32.2. The summed E-state index contributed by atoms with van der Waals surface area (Å²) < 4.78 is 0. The van der Waals surface area contributed by atoms with E-state index in [0.717, 1.165) is 12.5 Å². The molecule has 0 aromatic heterocycles. The first-order valence-corrected chi connectivity index (χ1v) is 9.59. The number of fused-ring (bicyclic) bond motifs is 1. The quantitative estimate of drug-likeness (QED) is 0.454. The third-order valence-corrected chi connectivity index (χ3v) is 4.61. The second kappa shape index (κ2) is 9.46. The van der Waals surface area contributed by atoms with Crippen LogP contribution < -0.4 is 10.6 Å². The average Bonchev–Trinajstić information content (AvgIpc) is 2.59. The van der Waals surface area contributed by atoms with Crippen molar-refractivity contribution < 1.29 is 0 Å². The van der Waals surface area contributed by atoms with Crippen molar-refractivity contribution in [1.29, 1.82) is 0 Å². The molecule has 0 heterocycles. The largest absolute Gasteiger partial charge is 0.356 e. The highest BCUT2D eigenvalue weighted by molar-refractivity contribution is 7.98. The summed E-state index contributed by atoms with van der Waals surface area (Å²) in [5.41, 5.74) is 1.27. The van der Waals surface area contributed by atoms with Crippen LogP contribution in [0.5, 0.6) is 0 Å². The Morgan fingerprint density at radius 2 is 1.91 bits per heavy atom. The van der Waals surface area contributed by atoms with E-state index >= 15 is 0 Å². The molecule has 2 aromatic carbocycles. The molecule has 0 spiro atoms.